The summed E-state index contributed by atoms with van der Waals surface area (Å²) in [5, 5.41) is 0. The number of aromatic nitrogens is 1. The number of nitrogens with two attached hydrogens (primary N) is 1. The van der Waals surface area contributed by atoms with Gasteiger partial charge in [0, 0.05) is 6.20 Å². The zero-order valence-corrected chi connectivity index (χ0v) is 10.1. The summed E-state index contributed by atoms with van der Waals surface area (Å²) in [4.78, 5) is 3.98. The van der Waals surface area contributed by atoms with Crippen LogP contribution in [0.15, 0.2) is 36.5 Å². The van der Waals surface area contributed by atoms with E-state index < -0.39 is 0 Å². The highest BCUT2D eigenvalue weighted by molar-refractivity contribution is 5.45. The van der Waals surface area contributed by atoms with Crippen molar-refractivity contribution in [2.75, 3.05) is 5.73 Å². The molecule has 0 amide bonds. The predicted octanol–water partition coefficient (Wildman–Crippen LogP) is 2.86. The Balaban J connectivity index is 2.12. The SMILES string of the molecule is Cc1ccc(C)c(COc2cccnc2N)c1. The molecule has 0 aliphatic heterocycles. The Bertz CT molecular complexity index is 523. The molecule has 0 unspecified atom stereocenters. The number of hydrogen-bond donors (Lipinski definition) is 1. The van der Waals surface area contributed by atoms with E-state index in [9.17, 15) is 0 Å². The Morgan fingerprint density at radius 3 is 2.82 bits per heavy atom. The van der Waals surface area contributed by atoms with Crippen LogP contribution < -0.4 is 10.5 Å². The summed E-state index contributed by atoms with van der Waals surface area (Å²) in [6.45, 7) is 4.66. The van der Waals surface area contributed by atoms with E-state index >= 15 is 0 Å². The zero-order valence-electron chi connectivity index (χ0n) is 10.1. The maximum Gasteiger partial charge on any atom is 0.166 e. The fraction of sp³-hybridized carbons (Fsp3) is 0.214. The van der Waals surface area contributed by atoms with Crippen molar-refractivity contribution in [1.29, 1.82) is 0 Å². The van der Waals surface area contributed by atoms with E-state index in [-0.39, 0.29) is 0 Å². The Kier molecular flexibility index (Phi) is 3.28. The van der Waals surface area contributed by atoms with Gasteiger partial charge in [-0.3, -0.25) is 0 Å². The first-order valence-corrected chi connectivity index (χ1v) is 5.56. The van der Waals surface area contributed by atoms with Crippen LogP contribution in [0.25, 0.3) is 0 Å². The quantitative estimate of drug-likeness (QED) is 0.878. The van der Waals surface area contributed by atoms with E-state index in [1.165, 1.54) is 16.7 Å². The Hall–Kier alpha value is -2.03. The molecular formula is C14H16N2O. The van der Waals surface area contributed by atoms with E-state index in [0.29, 0.717) is 18.2 Å². The molecule has 3 heteroatoms. The van der Waals surface area contributed by atoms with E-state index in [1.807, 2.05) is 12.1 Å². The van der Waals surface area contributed by atoms with Crippen LogP contribution in [0.5, 0.6) is 5.75 Å². The summed E-state index contributed by atoms with van der Waals surface area (Å²) < 4.78 is 5.67. The summed E-state index contributed by atoms with van der Waals surface area (Å²) in [7, 11) is 0. The minimum absolute atomic E-state index is 0.429. The number of benzene rings is 1. The van der Waals surface area contributed by atoms with Crippen LogP contribution in [0.2, 0.25) is 0 Å². The van der Waals surface area contributed by atoms with Gasteiger partial charge in [0.15, 0.2) is 11.6 Å². The first-order chi connectivity index (χ1) is 8.16. The molecule has 2 rings (SSSR count). The van der Waals surface area contributed by atoms with Gasteiger partial charge in [0.05, 0.1) is 0 Å². The number of aryl methyl sites for hydroxylation is 2. The highest BCUT2D eigenvalue weighted by atomic mass is 16.5. The van der Waals surface area contributed by atoms with Crippen molar-refractivity contribution < 1.29 is 4.74 Å². The molecular weight excluding hydrogens is 212 g/mol. The number of hydrogen-bond acceptors (Lipinski definition) is 3. The average Bonchev–Trinajstić information content (AvgIpc) is 2.32. The summed E-state index contributed by atoms with van der Waals surface area (Å²) in [5.74, 6) is 1.06. The maximum atomic E-state index is 5.72. The number of nitrogens with zero attached hydrogens (tertiary/aromatic N) is 1. The molecule has 2 aromatic rings. The van der Waals surface area contributed by atoms with Gasteiger partial charge in [0.2, 0.25) is 0 Å². The Morgan fingerprint density at radius 2 is 2.06 bits per heavy atom. The summed E-state index contributed by atoms with van der Waals surface area (Å²) in [6.07, 6.45) is 1.65. The second-order valence-electron chi connectivity index (χ2n) is 4.11. The second-order valence-corrected chi connectivity index (χ2v) is 4.11. The molecule has 0 aliphatic carbocycles. The van der Waals surface area contributed by atoms with Crippen molar-refractivity contribution in [2.45, 2.75) is 20.5 Å². The zero-order chi connectivity index (χ0) is 12.3. The fourth-order valence-electron chi connectivity index (χ4n) is 1.64. The number of rotatable bonds is 3. The van der Waals surface area contributed by atoms with E-state index in [1.54, 1.807) is 6.20 Å². The molecule has 1 heterocycles. The molecule has 3 nitrogen and oxygen atoms in total. The lowest BCUT2D eigenvalue weighted by Crippen LogP contribution is -2.01. The lowest BCUT2D eigenvalue weighted by molar-refractivity contribution is 0.306. The fourth-order valence-corrected chi connectivity index (χ4v) is 1.64. The van der Waals surface area contributed by atoms with Gasteiger partial charge in [-0.05, 0) is 37.1 Å². The largest absolute Gasteiger partial charge is 0.485 e. The van der Waals surface area contributed by atoms with E-state index in [2.05, 4.69) is 37.0 Å². The molecule has 0 spiro atoms. The van der Waals surface area contributed by atoms with Crippen molar-refractivity contribution in [3.05, 3.63) is 53.2 Å². The summed E-state index contributed by atoms with van der Waals surface area (Å²) >= 11 is 0. The molecule has 0 atom stereocenters. The minimum Gasteiger partial charge on any atom is -0.485 e. The second kappa shape index (κ2) is 4.87. The summed E-state index contributed by atoms with van der Waals surface area (Å²) in [5.41, 5.74) is 9.34. The van der Waals surface area contributed by atoms with Gasteiger partial charge in [-0.1, -0.05) is 23.8 Å². The highest BCUT2D eigenvalue weighted by Gasteiger charge is 2.03. The van der Waals surface area contributed by atoms with Crippen molar-refractivity contribution in [2.24, 2.45) is 0 Å². The molecule has 0 saturated heterocycles. The van der Waals surface area contributed by atoms with Crippen molar-refractivity contribution in [3.63, 3.8) is 0 Å². The lowest BCUT2D eigenvalue weighted by atomic mass is 10.1. The third-order valence-corrected chi connectivity index (χ3v) is 2.69. The molecule has 0 bridgehead atoms. The highest BCUT2D eigenvalue weighted by Crippen LogP contribution is 2.20. The van der Waals surface area contributed by atoms with Crippen LogP contribution in [-0.2, 0) is 6.61 Å². The standard InChI is InChI=1S/C14H16N2O/c1-10-5-6-11(2)12(8-10)9-17-13-4-3-7-16-14(13)15/h3-8H,9H2,1-2H3,(H2,15,16). The molecule has 0 saturated carbocycles. The topological polar surface area (TPSA) is 48.1 Å². The van der Waals surface area contributed by atoms with Crippen LogP contribution in [0.1, 0.15) is 16.7 Å². The van der Waals surface area contributed by atoms with Gasteiger partial charge < -0.3 is 10.5 Å². The average molecular weight is 228 g/mol. The lowest BCUT2D eigenvalue weighted by Gasteiger charge is -2.10. The maximum absolute atomic E-state index is 5.72. The molecule has 0 fully saturated rings. The Labute approximate surface area is 101 Å². The van der Waals surface area contributed by atoms with Crippen LogP contribution in [0, 0.1) is 13.8 Å². The summed E-state index contributed by atoms with van der Waals surface area (Å²) in [6, 6.07) is 9.96. The van der Waals surface area contributed by atoms with Crippen LogP contribution >= 0.6 is 0 Å². The first-order valence-electron chi connectivity index (χ1n) is 5.56. The molecule has 1 aromatic heterocycles. The van der Waals surface area contributed by atoms with E-state index in [4.69, 9.17) is 10.5 Å². The molecule has 17 heavy (non-hydrogen) atoms. The number of anilines is 1. The Morgan fingerprint density at radius 1 is 1.24 bits per heavy atom. The number of nitrogen functional groups attached to an aromatic ring is 1. The minimum atomic E-state index is 0.429. The predicted molar refractivity (Wildman–Crippen MR) is 68.9 cm³/mol. The monoisotopic (exact) mass is 228 g/mol. The number of pyridine rings is 1. The van der Waals surface area contributed by atoms with Crippen LogP contribution in [0.3, 0.4) is 0 Å². The van der Waals surface area contributed by atoms with Crippen molar-refractivity contribution in [1.82, 2.24) is 4.98 Å². The van der Waals surface area contributed by atoms with Crippen molar-refractivity contribution >= 4 is 5.82 Å². The van der Waals surface area contributed by atoms with Gasteiger partial charge in [-0.15, -0.1) is 0 Å². The number of ether oxygens (including phenoxy) is 1. The molecule has 0 radical (unpaired) electrons. The first kappa shape index (κ1) is 11.5. The molecule has 1 aromatic carbocycles. The normalized spacial score (nSPS) is 10.2. The van der Waals surface area contributed by atoms with Gasteiger partial charge >= 0.3 is 0 Å². The van der Waals surface area contributed by atoms with Crippen molar-refractivity contribution in [3.8, 4) is 5.75 Å². The van der Waals surface area contributed by atoms with Gasteiger partial charge in [-0.2, -0.15) is 0 Å². The smallest absolute Gasteiger partial charge is 0.166 e. The third kappa shape index (κ3) is 2.75. The van der Waals surface area contributed by atoms with Crippen LogP contribution in [-0.4, -0.2) is 4.98 Å². The van der Waals surface area contributed by atoms with Gasteiger partial charge in [-0.25, -0.2) is 4.98 Å². The van der Waals surface area contributed by atoms with Gasteiger partial charge in [0.1, 0.15) is 6.61 Å². The molecule has 88 valence electrons. The van der Waals surface area contributed by atoms with Crippen LogP contribution in [0.4, 0.5) is 5.82 Å². The molecule has 0 aliphatic rings. The molecule has 2 N–H and O–H groups in total. The third-order valence-electron chi connectivity index (χ3n) is 2.69. The van der Waals surface area contributed by atoms with E-state index in [0.717, 1.165) is 0 Å². The van der Waals surface area contributed by atoms with Gasteiger partial charge in [0.25, 0.3) is 0 Å².